The molecule has 0 saturated carbocycles. The van der Waals surface area contributed by atoms with Gasteiger partial charge in [-0.2, -0.15) is 11.3 Å². The number of aliphatic hydroxyl groups is 1. The third-order valence-electron chi connectivity index (χ3n) is 3.52. The molecule has 0 fully saturated rings. The van der Waals surface area contributed by atoms with Crippen molar-refractivity contribution in [3.05, 3.63) is 40.6 Å². The van der Waals surface area contributed by atoms with Crippen molar-refractivity contribution >= 4 is 47.0 Å². The molecule has 2 aromatic rings. The molecule has 1 unspecified atom stereocenters. The molecule has 0 aliphatic heterocycles. The second-order valence-corrected chi connectivity index (χ2v) is 6.42. The van der Waals surface area contributed by atoms with E-state index in [0.29, 0.717) is 30.4 Å². The topological polar surface area (TPSA) is 89.1 Å². The number of aliphatic imine (C=N–C) groups is 1. The zero-order valence-corrected chi connectivity index (χ0v) is 18.3. The molecule has 0 saturated heterocycles. The van der Waals surface area contributed by atoms with Gasteiger partial charge in [-0.25, -0.2) is 4.99 Å². The first-order chi connectivity index (χ1) is 12.0. The van der Waals surface area contributed by atoms with Crippen LogP contribution in [0.1, 0.15) is 26.3 Å². The molecule has 2 rings (SSSR count). The van der Waals surface area contributed by atoms with Gasteiger partial charge in [0.1, 0.15) is 17.1 Å². The number of nitrogens with one attached hydrogen (secondary N) is 1. The number of hydrogen-bond acceptors (Lipinski definition) is 5. The minimum atomic E-state index is -1.07. The summed E-state index contributed by atoms with van der Waals surface area (Å²) in [6.07, 6.45) is 0. The van der Waals surface area contributed by atoms with Crippen LogP contribution in [0, 0.1) is 0 Å². The molecule has 1 atom stereocenters. The van der Waals surface area contributed by atoms with E-state index in [1.54, 1.807) is 6.92 Å². The highest BCUT2D eigenvalue weighted by atomic mass is 127. The number of nitrogens with zero attached hydrogens (tertiary/aromatic N) is 1. The van der Waals surface area contributed by atoms with Crippen molar-refractivity contribution in [2.75, 3.05) is 25.1 Å². The van der Waals surface area contributed by atoms with E-state index in [1.165, 1.54) is 11.3 Å². The maximum Gasteiger partial charge on any atom is 0.193 e. The Labute approximate surface area is 175 Å². The Bertz CT molecular complexity index is 706. The van der Waals surface area contributed by atoms with Gasteiger partial charge in [0.25, 0.3) is 0 Å². The highest BCUT2D eigenvalue weighted by molar-refractivity contribution is 14.0. The van der Waals surface area contributed by atoms with Crippen molar-refractivity contribution in [2.24, 2.45) is 10.7 Å². The third kappa shape index (κ3) is 6.33. The molecule has 4 N–H and O–H groups in total. The lowest BCUT2D eigenvalue weighted by atomic mass is 10.00. The van der Waals surface area contributed by atoms with Crippen LogP contribution in [0.3, 0.4) is 0 Å². The molecule has 6 nitrogen and oxygen atoms in total. The van der Waals surface area contributed by atoms with E-state index in [0.717, 1.165) is 5.56 Å². The molecular weight excluding hydrogens is 465 g/mol. The minimum Gasteiger partial charge on any atom is -0.494 e. The molecule has 1 heterocycles. The molecule has 26 heavy (non-hydrogen) atoms. The van der Waals surface area contributed by atoms with Crippen LogP contribution >= 0.6 is 35.3 Å². The van der Waals surface area contributed by atoms with Gasteiger partial charge in [0.15, 0.2) is 5.96 Å². The number of anilines is 1. The Hall–Kier alpha value is -1.52. The van der Waals surface area contributed by atoms with Crippen LogP contribution in [0.2, 0.25) is 0 Å². The molecule has 0 spiro atoms. The Kier molecular flexibility index (Phi) is 9.17. The van der Waals surface area contributed by atoms with Crippen molar-refractivity contribution in [1.82, 2.24) is 0 Å². The van der Waals surface area contributed by atoms with Gasteiger partial charge in [0.05, 0.1) is 25.4 Å². The van der Waals surface area contributed by atoms with E-state index in [2.05, 4.69) is 10.3 Å². The van der Waals surface area contributed by atoms with Crippen LogP contribution in [0.15, 0.2) is 40.0 Å². The summed E-state index contributed by atoms with van der Waals surface area (Å²) in [5.74, 6) is 1.57. The van der Waals surface area contributed by atoms with Crippen LogP contribution in [-0.4, -0.2) is 30.8 Å². The number of halogens is 1. The van der Waals surface area contributed by atoms with Crippen LogP contribution in [0.4, 0.5) is 5.69 Å². The van der Waals surface area contributed by atoms with Crippen LogP contribution in [-0.2, 0) is 5.60 Å². The monoisotopic (exact) mass is 491 g/mol. The second kappa shape index (κ2) is 10.6. The molecule has 0 aliphatic rings. The predicted octanol–water partition coefficient (Wildman–Crippen LogP) is 3.80. The zero-order chi connectivity index (χ0) is 18.3. The lowest BCUT2D eigenvalue weighted by molar-refractivity contribution is 0.0678. The SMILES string of the molecule is CCOc1ccc(OCC)c(NC(N)=NCC(C)(O)c2ccsc2)c1.I. The molecule has 0 amide bonds. The number of guanidine groups is 1. The smallest absolute Gasteiger partial charge is 0.193 e. The highest BCUT2D eigenvalue weighted by Crippen LogP contribution is 2.29. The Morgan fingerprint density at radius 1 is 1.27 bits per heavy atom. The van der Waals surface area contributed by atoms with Gasteiger partial charge < -0.3 is 25.6 Å². The summed E-state index contributed by atoms with van der Waals surface area (Å²) in [5.41, 5.74) is 6.41. The number of nitrogens with two attached hydrogens (primary N) is 1. The molecule has 0 bridgehead atoms. The second-order valence-electron chi connectivity index (χ2n) is 5.64. The van der Waals surface area contributed by atoms with Crippen molar-refractivity contribution in [3.8, 4) is 11.5 Å². The minimum absolute atomic E-state index is 0. The maximum absolute atomic E-state index is 10.5. The van der Waals surface area contributed by atoms with Gasteiger partial charge in [-0.05, 0) is 55.3 Å². The lowest BCUT2D eigenvalue weighted by Gasteiger charge is -2.20. The number of ether oxygens (including phenoxy) is 2. The molecule has 1 aromatic carbocycles. The van der Waals surface area contributed by atoms with E-state index in [1.807, 2.05) is 48.9 Å². The number of rotatable bonds is 8. The fourth-order valence-corrected chi connectivity index (χ4v) is 3.01. The zero-order valence-electron chi connectivity index (χ0n) is 15.2. The summed E-state index contributed by atoms with van der Waals surface area (Å²) in [5, 5.41) is 17.4. The predicted molar refractivity (Wildman–Crippen MR) is 118 cm³/mol. The fourth-order valence-electron chi connectivity index (χ4n) is 2.22. The van der Waals surface area contributed by atoms with Gasteiger partial charge in [0.2, 0.25) is 0 Å². The number of hydrogen-bond donors (Lipinski definition) is 3. The van der Waals surface area contributed by atoms with E-state index >= 15 is 0 Å². The molecular formula is C18H26IN3O3S. The van der Waals surface area contributed by atoms with Gasteiger partial charge >= 0.3 is 0 Å². The van der Waals surface area contributed by atoms with Gasteiger partial charge in [-0.3, -0.25) is 0 Å². The Balaban J connectivity index is 0.00000338. The first kappa shape index (κ1) is 22.5. The first-order valence-electron chi connectivity index (χ1n) is 8.18. The van der Waals surface area contributed by atoms with Crippen LogP contribution < -0.4 is 20.5 Å². The average molecular weight is 491 g/mol. The van der Waals surface area contributed by atoms with E-state index in [-0.39, 0.29) is 36.5 Å². The molecule has 144 valence electrons. The van der Waals surface area contributed by atoms with Crippen LogP contribution in [0.25, 0.3) is 0 Å². The van der Waals surface area contributed by atoms with Gasteiger partial charge in [-0.15, -0.1) is 24.0 Å². The van der Waals surface area contributed by atoms with Crippen molar-refractivity contribution < 1.29 is 14.6 Å². The fraction of sp³-hybridized carbons (Fsp3) is 0.389. The summed E-state index contributed by atoms with van der Waals surface area (Å²) in [6.45, 7) is 6.81. The van der Waals surface area contributed by atoms with Crippen molar-refractivity contribution in [2.45, 2.75) is 26.4 Å². The van der Waals surface area contributed by atoms with Gasteiger partial charge in [0, 0.05) is 6.07 Å². The largest absolute Gasteiger partial charge is 0.494 e. The quantitative estimate of drug-likeness (QED) is 0.297. The van der Waals surface area contributed by atoms with Crippen molar-refractivity contribution in [1.29, 1.82) is 0 Å². The highest BCUT2D eigenvalue weighted by Gasteiger charge is 2.23. The number of benzene rings is 1. The van der Waals surface area contributed by atoms with E-state index < -0.39 is 5.60 Å². The molecule has 0 radical (unpaired) electrons. The average Bonchev–Trinajstić information content (AvgIpc) is 3.11. The Morgan fingerprint density at radius 2 is 2.00 bits per heavy atom. The number of thiophene rings is 1. The summed E-state index contributed by atoms with van der Waals surface area (Å²) >= 11 is 1.53. The first-order valence-corrected chi connectivity index (χ1v) is 9.12. The van der Waals surface area contributed by atoms with Gasteiger partial charge in [-0.1, -0.05) is 0 Å². The summed E-state index contributed by atoms with van der Waals surface area (Å²) in [6, 6.07) is 7.36. The van der Waals surface area contributed by atoms with Crippen LogP contribution in [0.5, 0.6) is 11.5 Å². The summed E-state index contributed by atoms with van der Waals surface area (Å²) < 4.78 is 11.1. The standard InChI is InChI=1S/C18H25N3O3S.HI/c1-4-23-14-6-7-16(24-5-2)15(10-14)21-17(19)20-12-18(3,22)13-8-9-25-11-13;/h6-11,22H,4-5,12H2,1-3H3,(H3,19,20,21);1H. The lowest BCUT2D eigenvalue weighted by Crippen LogP contribution is -2.29. The van der Waals surface area contributed by atoms with E-state index in [9.17, 15) is 5.11 Å². The third-order valence-corrected chi connectivity index (χ3v) is 4.21. The molecule has 0 aliphatic carbocycles. The summed E-state index contributed by atoms with van der Waals surface area (Å²) in [7, 11) is 0. The normalized spacial score (nSPS) is 13.5. The summed E-state index contributed by atoms with van der Waals surface area (Å²) in [4.78, 5) is 4.27. The Morgan fingerprint density at radius 3 is 2.62 bits per heavy atom. The molecule has 8 heteroatoms. The van der Waals surface area contributed by atoms with Crippen molar-refractivity contribution in [3.63, 3.8) is 0 Å². The van der Waals surface area contributed by atoms with E-state index in [4.69, 9.17) is 15.2 Å². The molecule has 1 aromatic heterocycles. The maximum atomic E-state index is 10.5.